The van der Waals surface area contributed by atoms with Crippen molar-refractivity contribution in [2.45, 2.75) is 44.9 Å². The molecule has 4 nitrogen and oxygen atoms in total. The van der Waals surface area contributed by atoms with E-state index in [4.69, 9.17) is 4.74 Å². The minimum Gasteiger partial charge on any atom is -0.376 e. The first kappa shape index (κ1) is 11.6. The van der Waals surface area contributed by atoms with Gasteiger partial charge in [0.1, 0.15) is 0 Å². The van der Waals surface area contributed by atoms with Crippen LogP contribution in [0.3, 0.4) is 0 Å². The molecule has 1 N–H and O–H groups in total. The van der Waals surface area contributed by atoms with Gasteiger partial charge in [0, 0.05) is 6.61 Å². The Morgan fingerprint density at radius 1 is 1.56 bits per heavy atom. The topological polar surface area (TPSA) is 39.1 Å². The molecule has 1 fully saturated rings. The molecule has 1 saturated heterocycles. The summed E-state index contributed by atoms with van der Waals surface area (Å²) in [7, 11) is 1.98. The van der Waals surface area contributed by atoms with Gasteiger partial charge >= 0.3 is 0 Å². The molecule has 0 aliphatic carbocycles. The summed E-state index contributed by atoms with van der Waals surface area (Å²) in [5.41, 5.74) is 1.16. The van der Waals surface area contributed by atoms with Crippen LogP contribution >= 0.6 is 0 Å². The van der Waals surface area contributed by atoms with Gasteiger partial charge in [0.25, 0.3) is 0 Å². The molecule has 0 aromatic carbocycles. The summed E-state index contributed by atoms with van der Waals surface area (Å²) in [6.07, 6.45) is 5.22. The fraction of sp³-hybridized carbons (Fsp3) is 0.750. The van der Waals surface area contributed by atoms with Crippen molar-refractivity contribution in [2.75, 3.05) is 13.7 Å². The van der Waals surface area contributed by atoms with Gasteiger partial charge in [0.05, 0.1) is 35.9 Å². The third kappa shape index (κ3) is 1.87. The first-order valence-corrected chi connectivity index (χ1v) is 5.89. The van der Waals surface area contributed by atoms with Crippen molar-refractivity contribution in [3.8, 4) is 0 Å². The monoisotopic (exact) mass is 223 g/mol. The zero-order chi connectivity index (χ0) is 11.8. The summed E-state index contributed by atoms with van der Waals surface area (Å²) in [6, 6.07) is 0.421. The van der Waals surface area contributed by atoms with E-state index in [1.807, 2.05) is 19.6 Å². The summed E-state index contributed by atoms with van der Waals surface area (Å²) in [6.45, 7) is 7.32. The van der Waals surface area contributed by atoms with Crippen LogP contribution in [0.5, 0.6) is 0 Å². The minimum atomic E-state index is -0.0567. The van der Waals surface area contributed by atoms with Crippen molar-refractivity contribution in [2.24, 2.45) is 0 Å². The average Bonchev–Trinajstić information content (AvgIpc) is 2.85. The Hall–Kier alpha value is -0.870. The van der Waals surface area contributed by atoms with Crippen LogP contribution in [0.1, 0.15) is 38.9 Å². The van der Waals surface area contributed by atoms with Crippen LogP contribution in [0.2, 0.25) is 0 Å². The Balaban J connectivity index is 2.32. The second-order valence-corrected chi connectivity index (χ2v) is 4.99. The zero-order valence-corrected chi connectivity index (χ0v) is 10.5. The van der Waals surface area contributed by atoms with E-state index >= 15 is 0 Å². The maximum absolute atomic E-state index is 5.62. The summed E-state index contributed by atoms with van der Waals surface area (Å²) >= 11 is 0. The number of ether oxygens (including phenoxy) is 1. The molecule has 0 amide bonds. The highest BCUT2D eigenvalue weighted by Crippen LogP contribution is 2.30. The van der Waals surface area contributed by atoms with E-state index in [2.05, 4.69) is 35.6 Å². The number of hydrogen-bond acceptors (Lipinski definition) is 3. The molecule has 2 heterocycles. The first-order chi connectivity index (χ1) is 7.56. The van der Waals surface area contributed by atoms with Gasteiger partial charge < -0.3 is 14.6 Å². The molecular formula is C12H21N3O. The molecule has 0 radical (unpaired) electrons. The molecule has 2 unspecified atom stereocenters. The van der Waals surface area contributed by atoms with Crippen molar-refractivity contribution >= 4 is 0 Å². The molecule has 1 aliphatic heterocycles. The van der Waals surface area contributed by atoms with Crippen LogP contribution in [0, 0.1) is 0 Å². The molecular weight excluding hydrogens is 202 g/mol. The number of nitrogens with one attached hydrogen (secondary N) is 1. The van der Waals surface area contributed by atoms with E-state index in [9.17, 15) is 0 Å². The van der Waals surface area contributed by atoms with Crippen LogP contribution in [0.15, 0.2) is 12.5 Å². The molecule has 1 aromatic heterocycles. The number of imidazole rings is 1. The van der Waals surface area contributed by atoms with Crippen LogP contribution in [-0.4, -0.2) is 29.3 Å². The largest absolute Gasteiger partial charge is 0.376 e. The van der Waals surface area contributed by atoms with Gasteiger partial charge in [-0.15, -0.1) is 0 Å². The van der Waals surface area contributed by atoms with E-state index in [0.29, 0.717) is 6.04 Å². The van der Waals surface area contributed by atoms with Crippen molar-refractivity contribution in [3.63, 3.8) is 0 Å². The van der Waals surface area contributed by atoms with Gasteiger partial charge in [-0.1, -0.05) is 0 Å². The summed E-state index contributed by atoms with van der Waals surface area (Å²) in [5.74, 6) is 0. The molecule has 0 bridgehead atoms. The highest BCUT2D eigenvalue weighted by atomic mass is 16.5. The summed E-state index contributed by atoms with van der Waals surface area (Å²) in [4.78, 5) is 4.28. The smallest absolute Gasteiger partial charge is 0.0952 e. The van der Waals surface area contributed by atoms with Gasteiger partial charge in [0.2, 0.25) is 0 Å². The molecule has 90 valence electrons. The lowest BCUT2D eigenvalue weighted by atomic mass is 10.00. The predicted molar refractivity (Wildman–Crippen MR) is 63.4 cm³/mol. The van der Waals surface area contributed by atoms with Gasteiger partial charge in [-0.05, 0) is 34.2 Å². The third-order valence-corrected chi connectivity index (χ3v) is 3.62. The maximum atomic E-state index is 5.62. The van der Waals surface area contributed by atoms with E-state index in [-0.39, 0.29) is 11.6 Å². The van der Waals surface area contributed by atoms with Crippen molar-refractivity contribution in [1.82, 2.24) is 14.9 Å². The standard InChI is InChI=1S/C12H21N3O/c1-9-10(5-6-16-9)15-8-14-7-11(15)12(2,3)13-4/h7-10,13H,5-6H2,1-4H3. The van der Waals surface area contributed by atoms with E-state index in [1.54, 1.807) is 0 Å². The molecule has 4 heteroatoms. The van der Waals surface area contributed by atoms with E-state index < -0.39 is 0 Å². The Morgan fingerprint density at radius 2 is 2.31 bits per heavy atom. The molecule has 0 saturated carbocycles. The highest BCUT2D eigenvalue weighted by Gasteiger charge is 2.31. The lowest BCUT2D eigenvalue weighted by molar-refractivity contribution is 0.106. The fourth-order valence-corrected chi connectivity index (χ4v) is 2.27. The number of rotatable bonds is 3. The van der Waals surface area contributed by atoms with Crippen LogP contribution < -0.4 is 5.32 Å². The first-order valence-electron chi connectivity index (χ1n) is 5.89. The van der Waals surface area contributed by atoms with Gasteiger partial charge in [0.15, 0.2) is 0 Å². The highest BCUT2D eigenvalue weighted by molar-refractivity contribution is 5.12. The van der Waals surface area contributed by atoms with Crippen LogP contribution in [0.25, 0.3) is 0 Å². The third-order valence-electron chi connectivity index (χ3n) is 3.62. The van der Waals surface area contributed by atoms with Gasteiger partial charge in [-0.25, -0.2) is 4.98 Å². The maximum Gasteiger partial charge on any atom is 0.0952 e. The second-order valence-electron chi connectivity index (χ2n) is 4.99. The van der Waals surface area contributed by atoms with E-state index in [1.165, 1.54) is 5.69 Å². The normalized spacial score (nSPS) is 26.2. The number of hydrogen-bond donors (Lipinski definition) is 1. The number of nitrogens with zero attached hydrogens (tertiary/aromatic N) is 2. The molecule has 2 rings (SSSR count). The van der Waals surface area contributed by atoms with E-state index in [0.717, 1.165) is 13.0 Å². The van der Waals surface area contributed by atoms with Crippen LogP contribution in [-0.2, 0) is 10.3 Å². The predicted octanol–water partition coefficient (Wildman–Crippen LogP) is 1.69. The van der Waals surface area contributed by atoms with Crippen molar-refractivity contribution < 1.29 is 4.74 Å². The van der Waals surface area contributed by atoms with Crippen molar-refractivity contribution in [3.05, 3.63) is 18.2 Å². The lowest BCUT2D eigenvalue weighted by Gasteiger charge is -2.28. The molecule has 2 atom stereocenters. The number of aromatic nitrogens is 2. The minimum absolute atomic E-state index is 0.0567. The zero-order valence-electron chi connectivity index (χ0n) is 10.5. The Bertz CT molecular complexity index is 359. The molecule has 1 aromatic rings. The second kappa shape index (κ2) is 4.18. The van der Waals surface area contributed by atoms with Crippen LogP contribution in [0.4, 0.5) is 0 Å². The quantitative estimate of drug-likeness (QED) is 0.847. The summed E-state index contributed by atoms with van der Waals surface area (Å²) in [5, 5.41) is 3.32. The molecule has 0 spiro atoms. The fourth-order valence-electron chi connectivity index (χ4n) is 2.27. The Morgan fingerprint density at radius 3 is 2.88 bits per heavy atom. The summed E-state index contributed by atoms with van der Waals surface area (Å²) < 4.78 is 7.88. The van der Waals surface area contributed by atoms with Crippen molar-refractivity contribution in [1.29, 1.82) is 0 Å². The molecule has 1 aliphatic rings. The Labute approximate surface area is 97.0 Å². The average molecular weight is 223 g/mol. The Kier molecular flexibility index (Phi) is 3.04. The lowest BCUT2D eigenvalue weighted by Crippen LogP contribution is -2.36. The SMILES string of the molecule is CNC(C)(C)c1cncn1C1CCOC1C. The van der Waals surface area contributed by atoms with Gasteiger partial charge in [-0.3, -0.25) is 0 Å². The van der Waals surface area contributed by atoms with Gasteiger partial charge in [-0.2, -0.15) is 0 Å². The molecule has 16 heavy (non-hydrogen) atoms.